The van der Waals surface area contributed by atoms with Gasteiger partial charge >= 0.3 is 0 Å². The fraction of sp³-hybridized carbons (Fsp3) is 0.500. The van der Waals surface area contributed by atoms with Crippen molar-refractivity contribution in [2.24, 2.45) is 0 Å². The number of rotatable bonds is 8. The monoisotopic (exact) mass is 277 g/mol. The minimum absolute atomic E-state index is 0.0220. The van der Waals surface area contributed by atoms with Gasteiger partial charge in [-0.25, -0.2) is 0 Å². The molecule has 0 aromatic heterocycles. The molecule has 0 aliphatic rings. The van der Waals surface area contributed by atoms with Gasteiger partial charge in [0.15, 0.2) is 0 Å². The van der Waals surface area contributed by atoms with E-state index in [2.05, 4.69) is 18.2 Å². The van der Waals surface area contributed by atoms with Crippen LogP contribution in [0.25, 0.3) is 0 Å². The predicted molar refractivity (Wildman–Crippen MR) is 80.0 cm³/mol. The lowest BCUT2D eigenvalue weighted by atomic mass is 10.1. The van der Waals surface area contributed by atoms with Gasteiger partial charge in [-0.05, 0) is 24.6 Å². The van der Waals surface area contributed by atoms with Gasteiger partial charge in [-0.2, -0.15) is 0 Å². The molecule has 2 atom stereocenters. The highest BCUT2D eigenvalue weighted by Crippen LogP contribution is 2.29. The SMILES string of the molecule is C#CC(CCC)NCC(O)c1cc(OC)ccc1OC. The van der Waals surface area contributed by atoms with Crippen molar-refractivity contribution in [2.45, 2.75) is 31.9 Å². The van der Waals surface area contributed by atoms with Crippen LogP contribution < -0.4 is 14.8 Å². The van der Waals surface area contributed by atoms with Crippen LogP contribution in [0.1, 0.15) is 31.4 Å². The van der Waals surface area contributed by atoms with E-state index in [0.29, 0.717) is 23.6 Å². The molecule has 0 heterocycles. The number of nitrogens with one attached hydrogen (secondary N) is 1. The van der Waals surface area contributed by atoms with E-state index in [-0.39, 0.29) is 6.04 Å². The van der Waals surface area contributed by atoms with Crippen LogP contribution in [-0.4, -0.2) is 31.9 Å². The quantitative estimate of drug-likeness (QED) is 0.715. The molecule has 0 saturated carbocycles. The van der Waals surface area contributed by atoms with Gasteiger partial charge in [-0.3, -0.25) is 0 Å². The Kier molecular flexibility index (Phi) is 6.92. The number of aliphatic hydroxyl groups excluding tert-OH is 1. The van der Waals surface area contributed by atoms with Crippen LogP contribution in [0.4, 0.5) is 0 Å². The van der Waals surface area contributed by atoms with Crippen LogP contribution in [0.3, 0.4) is 0 Å². The third-order valence-electron chi connectivity index (χ3n) is 3.13. The minimum Gasteiger partial charge on any atom is -0.497 e. The maximum atomic E-state index is 10.3. The van der Waals surface area contributed by atoms with Gasteiger partial charge in [0, 0.05) is 12.1 Å². The third kappa shape index (κ3) is 4.44. The Morgan fingerprint density at radius 3 is 2.65 bits per heavy atom. The van der Waals surface area contributed by atoms with Crippen molar-refractivity contribution in [3.05, 3.63) is 23.8 Å². The van der Waals surface area contributed by atoms with Crippen molar-refractivity contribution >= 4 is 0 Å². The average Bonchev–Trinajstić information content (AvgIpc) is 2.50. The first-order chi connectivity index (χ1) is 9.65. The van der Waals surface area contributed by atoms with E-state index in [4.69, 9.17) is 15.9 Å². The van der Waals surface area contributed by atoms with Gasteiger partial charge in [0.1, 0.15) is 11.5 Å². The van der Waals surface area contributed by atoms with Crippen LogP contribution in [0.5, 0.6) is 11.5 Å². The lowest BCUT2D eigenvalue weighted by Gasteiger charge is -2.19. The Balaban J connectivity index is 2.75. The molecule has 0 amide bonds. The number of aliphatic hydroxyl groups is 1. The molecule has 0 aliphatic heterocycles. The van der Waals surface area contributed by atoms with Gasteiger partial charge in [-0.1, -0.05) is 19.3 Å². The second-order valence-electron chi connectivity index (χ2n) is 4.54. The normalized spacial score (nSPS) is 13.3. The first-order valence-corrected chi connectivity index (χ1v) is 6.75. The molecule has 110 valence electrons. The molecule has 1 rings (SSSR count). The van der Waals surface area contributed by atoms with Crippen molar-refractivity contribution in [2.75, 3.05) is 20.8 Å². The molecule has 1 aromatic carbocycles. The molecule has 20 heavy (non-hydrogen) atoms. The van der Waals surface area contributed by atoms with Gasteiger partial charge < -0.3 is 19.9 Å². The lowest BCUT2D eigenvalue weighted by Crippen LogP contribution is -2.31. The van der Waals surface area contributed by atoms with E-state index in [1.54, 1.807) is 32.4 Å². The molecule has 1 aromatic rings. The van der Waals surface area contributed by atoms with Crippen LogP contribution in [0.15, 0.2) is 18.2 Å². The number of terminal acetylenes is 1. The van der Waals surface area contributed by atoms with Crippen molar-refractivity contribution in [3.63, 3.8) is 0 Å². The summed E-state index contributed by atoms with van der Waals surface area (Å²) in [5.74, 6) is 4.00. The van der Waals surface area contributed by atoms with Gasteiger partial charge in [0.2, 0.25) is 0 Å². The summed E-state index contributed by atoms with van der Waals surface area (Å²) >= 11 is 0. The largest absolute Gasteiger partial charge is 0.497 e. The predicted octanol–water partition coefficient (Wildman–Crippen LogP) is 2.13. The highest BCUT2D eigenvalue weighted by atomic mass is 16.5. The summed E-state index contributed by atoms with van der Waals surface area (Å²) in [4.78, 5) is 0. The smallest absolute Gasteiger partial charge is 0.124 e. The van der Waals surface area contributed by atoms with E-state index in [0.717, 1.165) is 12.8 Å². The van der Waals surface area contributed by atoms with Gasteiger partial charge in [0.05, 0.1) is 26.4 Å². The van der Waals surface area contributed by atoms with E-state index in [1.807, 2.05) is 0 Å². The summed E-state index contributed by atoms with van der Waals surface area (Å²) in [6.45, 7) is 2.45. The summed E-state index contributed by atoms with van der Waals surface area (Å²) in [7, 11) is 3.17. The summed E-state index contributed by atoms with van der Waals surface area (Å²) < 4.78 is 10.4. The first-order valence-electron chi connectivity index (χ1n) is 6.75. The Morgan fingerprint density at radius 2 is 2.10 bits per heavy atom. The van der Waals surface area contributed by atoms with Crippen molar-refractivity contribution in [1.29, 1.82) is 0 Å². The van der Waals surface area contributed by atoms with Crippen LogP contribution in [0, 0.1) is 12.3 Å². The minimum atomic E-state index is -0.701. The maximum absolute atomic E-state index is 10.3. The van der Waals surface area contributed by atoms with Crippen LogP contribution >= 0.6 is 0 Å². The second-order valence-corrected chi connectivity index (χ2v) is 4.54. The van der Waals surface area contributed by atoms with Crippen LogP contribution in [-0.2, 0) is 0 Å². The molecule has 0 bridgehead atoms. The Morgan fingerprint density at radius 1 is 1.35 bits per heavy atom. The fourth-order valence-corrected chi connectivity index (χ4v) is 2.00. The molecule has 4 heteroatoms. The molecular weight excluding hydrogens is 254 g/mol. The summed E-state index contributed by atoms with van der Waals surface area (Å²) in [6, 6.07) is 5.33. The summed E-state index contributed by atoms with van der Waals surface area (Å²) in [5, 5.41) is 13.5. The van der Waals surface area contributed by atoms with E-state index >= 15 is 0 Å². The molecule has 0 radical (unpaired) electrons. The van der Waals surface area contributed by atoms with Crippen molar-refractivity contribution in [3.8, 4) is 23.8 Å². The van der Waals surface area contributed by atoms with Crippen molar-refractivity contribution < 1.29 is 14.6 Å². The lowest BCUT2D eigenvalue weighted by molar-refractivity contribution is 0.167. The van der Waals surface area contributed by atoms with Crippen LogP contribution in [0.2, 0.25) is 0 Å². The molecular formula is C16H23NO3. The molecule has 0 aliphatic carbocycles. The van der Waals surface area contributed by atoms with E-state index in [1.165, 1.54) is 0 Å². The third-order valence-corrected chi connectivity index (χ3v) is 3.13. The standard InChI is InChI=1S/C16H23NO3/c1-5-7-12(6-2)17-11-15(18)14-10-13(19-3)8-9-16(14)20-4/h2,8-10,12,15,17-18H,5,7,11H2,1,3-4H3. The van der Waals surface area contributed by atoms with E-state index in [9.17, 15) is 5.11 Å². The summed E-state index contributed by atoms with van der Waals surface area (Å²) in [6.07, 6.45) is 6.63. The maximum Gasteiger partial charge on any atom is 0.124 e. The zero-order valence-electron chi connectivity index (χ0n) is 12.3. The number of hydrogen-bond donors (Lipinski definition) is 2. The first kappa shape index (κ1) is 16.4. The van der Waals surface area contributed by atoms with Gasteiger partial charge in [0.25, 0.3) is 0 Å². The highest BCUT2D eigenvalue weighted by Gasteiger charge is 2.15. The number of benzene rings is 1. The summed E-state index contributed by atoms with van der Waals surface area (Å²) in [5.41, 5.74) is 0.687. The fourth-order valence-electron chi connectivity index (χ4n) is 2.00. The second kappa shape index (κ2) is 8.47. The Labute approximate surface area is 121 Å². The Hall–Kier alpha value is -1.70. The number of hydrogen-bond acceptors (Lipinski definition) is 4. The zero-order valence-corrected chi connectivity index (χ0v) is 12.3. The van der Waals surface area contributed by atoms with Crippen molar-refractivity contribution in [1.82, 2.24) is 5.32 Å². The molecule has 0 spiro atoms. The highest BCUT2D eigenvalue weighted by molar-refractivity contribution is 5.41. The number of methoxy groups -OCH3 is 2. The Bertz CT molecular complexity index is 454. The molecule has 2 unspecified atom stereocenters. The molecule has 4 nitrogen and oxygen atoms in total. The number of ether oxygens (including phenoxy) is 2. The average molecular weight is 277 g/mol. The van der Waals surface area contributed by atoms with E-state index < -0.39 is 6.10 Å². The topological polar surface area (TPSA) is 50.7 Å². The molecule has 0 fully saturated rings. The van der Waals surface area contributed by atoms with Gasteiger partial charge in [-0.15, -0.1) is 6.42 Å². The molecule has 2 N–H and O–H groups in total. The zero-order chi connectivity index (χ0) is 15.0. The molecule has 0 saturated heterocycles.